The van der Waals surface area contributed by atoms with E-state index in [1.807, 2.05) is 37.4 Å². The third-order valence-electron chi connectivity index (χ3n) is 4.59. The first-order valence-electron chi connectivity index (χ1n) is 7.27. The monoisotopic (exact) mass is 275 g/mol. The predicted molar refractivity (Wildman–Crippen MR) is 75.2 cm³/mol. The summed E-state index contributed by atoms with van der Waals surface area (Å²) >= 11 is 0. The summed E-state index contributed by atoms with van der Waals surface area (Å²) in [5, 5.41) is 9.97. The molecule has 0 radical (unpaired) electrons. The number of hydrogen-bond donors (Lipinski definition) is 1. The molecule has 0 amide bonds. The fourth-order valence-electron chi connectivity index (χ4n) is 3.49. The number of ether oxygens (including phenoxy) is 1. The summed E-state index contributed by atoms with van der Waals surface area (Å²) in [6.07, 6.45) is 2.38. The van der Waals surface area contributed by atoms with Crippen LogP contribution in [-0.2, 0) is 16.0 Å². The number of benzene rings is 1. The van der Waals surface area contributed by atoms with Crippen LogP contribution < -0.4 is 0 Å². The zero-order valence-corrected chi connectivity index (χ0v) is 11.7. The molecule has 0 aromatic heterocycles. The number of rotatable bonds is 3. The van der Waals surface area contributed by atoms with Crippen molar-refractivity contribution in [2.45, 2.75) is 50.0 Å². The quantitative estimate of drug-likeness (QED) is 0.847. The Kier molecular flexibility index (Phi) is 3.76. The highest BCUT2D eigenvalue weighted by Crippen LogP contribution is 2.35. The molecule has 2 fully saturated rings. The van der Waals surface area contributed by atoms with Gasteiger partial charge in [-0.25, -0.2) is 0 Å². The van der Waals surface area contributed by atoms with Crippen LogP contribution in [0.25, 0.3) is 0 Å². The lowest BCUT2D eigenvalue weighted by Gasteiger charge is -2.36. The standard InChI is InChI=1S/C16H21NO3/c1-17-12-8-13(10-14(17)15(18)9-12)20-16(19)7-11-5-3-2-4-6-11/h2-6,12-15,18H,7-10H2,1H3/t12-,13?,14+,15?/m0/s1. The molecule has 0 saturated carbocycles. The molecule has 2 bridgehead atoms. The van der Waals surface area contributed by atoms with Crippen molar-refractivity contribution in [3.63, 3.8) is 0 Å². The highest BCUT2D eigenvalue weighted by molar-refractivity contribution is 5.72. The molecular weight excluding hydrogens is 254 g/mol. The lowest BCUT2D eigenvalue weighted by Crippen LogP contribution is -2.45. The van der Waals surface area contributed by atoms with Gasteiger partial charge < -0.3 is 9.84 Å². The predicted octanol–water partition coefficient (Wildman–Crippen LogP) is 1.37. The smallest absolute Gasteiger partial charge is 0.310 e. The van der Waals surface area contributed by atoms with E-state index in [9.17, 15) is 9.90 Å². The minimum absolute atomic E-state index is 0.0467. The molecule has 2 aliphatic rings. The van der Waals surface area contributed by atoms with Gasteiger partial charge in [0.15, 0.2) is 0 Å². The van der Waals surface area contributed by atoms with E-state index in [0.29, 0.717) is 12.5 Å². The largest absolute Gasteiger partial charge is 0.462 e. The normalized spacial score (nSPS) is 33.1. The van der Waals surface area contributed by atoms with Crippen molar-refractivity contribution in [2.75, 3.05) is 7.05 Å². The molecule has 1 N–H and O–H groups in total. The van der Waals surface area contributed by atoms with E-state index in [1.165, 1.54) is 0 Å². The van der Waals surface area contributed by atoms with Gasteiger partial charge in [-0.05, 0) is 19.0 Å². The lowest BCUT2D eigenvalue weighted by molar-refractivity contribution is -0.151. The van der Waals surface area contributed by atoms with Gasteiger partial charge in [-0.1, -0.05) is 30.3 Å². The Morgan fingerprint density at radius 2 is 2.05 bits per heavy atom. The van der Waals surface area contributed by atoms with Crippen molar-refractivity contribution in [2.24, 2.45) is 0 Å². The van der Waals surface area contributed by atoms with Crippen LogP contribution in [0.2, 0.25) is 0 Å². The second kappa shape index (κ2) is 5.54. The van der Waals surface area contributed by atoms with Gasteiger partial charge in [0.2, 0.25) is 0 Å². The number of hydrogen-bond acceptors (Lipinski definition) is 4. The second-order valence-electron chi connectivity index (χ2n) is 5.94. The number of aliphatic hydroxyl groups excluding tert-OH is 1. The first-order valence-corrected chi connectivity index (χ1v) is 7.27. The number of esters is 1. The molecule has 2 heterocycles. The molecule has 1 aromatic carbocycles. The lowest BCUT2D eigenvalue weighted by atomic mass is 10.00. The molecule has 3 rings (SSSR count). The Bertz CT molecular complexity index is 476. The van der Waals surface area contributed by atoms with Gasteiger partial charge in [0.1, 0.15) is 6.10 Å². The third kappa shape index (κ3) is 2.72. The first kappa shape index (κ1) is 13.6. The van der Waals surface area contributed by atoms with E-state index in [2.05, 4.69) is 4.90 Å². The molecular formula is C16H21NO3. The van der Waals surface area contributed by atoms with Crippen molar-refractivity contribution in [1.82, 2.24) is 4.90 Å². The molecule has 0 spiro atoms. The molecule has 20 heavy (non-hydrogen) atoms. The SMILES string of the molecule is CN1[C@H]2CC(OC(=O)Cc3ccccc3)C[C@@H]1C(O)C2. The second-order valence-corrected chi connectivity index (χ2v) is 5.94. The zero-order chi connectivity index (χ0) is 14.1. The zero-order valence-electron chi connectivity index (χ0n) is 11.7. The molecule has 4 nitrogen and oxygen atoms in total. The van der Waals surface area contributed by atoms with Crippen molar-refractivity contribution >= 4 is 5.97 Å². The Labute approximate surface area is 119 Å². The summed E-state index contributed by atoms with van der Waals surface area (Å²) in [5.41, 5.74) is 0.980. The van der Waals surface area contributed by atoms with Crippen LogP contribution in [-0.4, -0.2) is 47.3 Å². The molecule has 2 aliphatic heterocycles. The third-order valence-corrected chi connectivity index (χ3v) is 4.59. The number of piperidine rings is 1. The molecule has 108 valence electrons. The van der Waals surface area contributed by atoms with E-state index in [-0.39, 0.29) is 24.2 Å². The van der Waals surface area contributed by atoms with Gasteiger partial charge in [0.25, 0.3) is 0 Å². The average Bonchev–Trinajstić information content (AvgIpc) is 2.59. The van der Waals surface area contributed by atoms with E-state index < -0.39 is 0 Å². The molecule has 2 unspecified atom stereocenters. The van der Waals surface area contributed by atoms with E-state index in [0.717, 1.165) is 24.8 Å². The van der Waals surface area contributed by atoms with Gasteiger partial charge in [-0.15, -0.1) is 0 Å². The maximum absolute atomic E-state index is 12.0. The Morgan fingerprint density at radius 1 is 1.30 bits per heavy atom. The number of aliphatic hydroxyl groups is 1. The Balaban J connectivity index is 1.55. The topological polar surface area (TPSA) is 49.8 Å². The molecule has 0 aliphatic carbocycles. The van der Waals surface area contributed by atoms with E-state index in [4.69, 9.17) is 4.74 Å². The van der Waals surface area contributed by atoms with Crippen LogP contribution in [0, 0.1) is 0 Å². The fraction of sp³-hybridized carbons (Fsp3) is 0.562. The van der Waals surface area contributed by atoms with Crippen molar-refractivity contribution in [3.05, 3.63) is 35.9 Å². The summed E-state index contributed by atoms with van der Waals surface area (Å²) < 4.78 is 5.60. The van der Waals surface area contributed by atoms with Crippen LogP contribution in [0.3, 0.4) is 0 Å². The maximum Gasteiger partial charge on any atom is 0.310 e. The number of likely N-dealkylation sites (N-methyl/N-ethyl adjacent to an activating group) is 1. The van der Waals surface area contributed by atoms with Crippen LogP contribution in [0.1, 0.15) is 24.8 Å². The Morgan fingerprint density at radius 3 is 2.75 bits per heavy atom. The number of nitrogens with zero attached hydrogens (tertiary/aromatic N) is 1. The Hall–Kier alpha value is -1.39. The van der Waals surface area contributed by atoms with Crippen molar-refractivity contribution in [1.29, 1.82) is 0 Å². The summed E-state index contributed by atoms with van der Waals surface area (Å²) in [7, 11) is 2.05. The molecule has 1 aromatic rings. The minimum Gasteiger partial charge on any atom is -0.462 e. The average molecular weight is 275 g/mol. The van der Waals surface area contributed by atoms with Crippen LogP contribution >= 0.6 is 0 Å². The minimum atomic E-state index is -0.275. The summed E-state index contributed by atoms with van der Waals surface area (Å²) in [5.74, 6) is -0.167. The summed E-state index contributed by atoms with van der Waals surface area (Å²) in [6, 6.07) is 10.1. The van der Waals surface area contributed by atoms with Crippen LogP contribution in [0.4, 0.5) is 0 Å². The van der Waals surface area contributed by atoms with Gasteiger partial charge in [0.05, 0.1) is 12.5 Å². The van der Waals surface area contributed by atoms with Crippen LogP contribution in [0.15, 0.2) is 30.3 Å². The summed E-state index contributed by atoms with van der Waals surface area (Å²) in [6.45, 7) is 0. The van der Waals surface area contributed by atoms with E-state index >= 15 is 0 Å². The highest BCUT2D eigenvalue weighted by Gasteiger charge is 2.45. The summed E-state index contributed by atoms with van der Waals surface area (Å²) in [4.78, 5) is 14.2. The molecule has 4 atom stereocenters. The van der Waals surface area contributed by atoms with Crippen molar-refractivity contribution < 1.29 is 14.6 Å². The van der Waals surface area contributed by atoms with Gasteiger partial charge >= 0.3 is 5.97 Å². The first-order chi connectivity index (χ1) is 9.63. The number of carbonyl (C=O) groups is 1. The molecule has 4 heteroatoms. The van der Waals surface area contributed by atoms with Gasteiger partial charge in [-0.2, -0.15) is 0 Å². The number of carbonyl (C=O) groups excluding carboxylic acids is 1. The number of fused-ring (bicyclic) bond motifs is 2. The van der Waals surface area contributed by atoms with Crippen molar-refractivity contribution in [3.8, 4) is 0 Å². The van der Waals surface area contributed by atoms with Gasteiger partial charge in [0, 0.05) is 24.9 Å². The molecule has 2 saturated heterocycles. The van der Waals surface area contributed by atoms with E-state index in [1.54, 1.807) is 0 Å². The fourth-order valence-corrected chi connectivity index (χ4v) is 3.49. The van der Waals surface area contributed by atoms with Gasteiger partial charge in [-0.3, -0.25) is 9.69 Å². The highest BCUT2D eigenvalue weighted by atomic mass is 16.5. The van der Waals surface area contributed by atoms with Crippen LogP contribution in [0.5, 0.6) is 0 Å². The maximum atomic E-state index is 12.0.